The van der Waals surface area contributed by atoms with Gasteiger partial charge in [-0.05, 0) is 18.1 Å². The monoisotopic (exact) mass is 344 g/mol. The molecule has 5 nitrogen and oxygen atoms in total. The minimum atomic E-state index is -2.99. The first-order chi connectivity index (χ1) is 11.5. The van der Waals surface area contributed by atoms with Crippen molar-refractivity contribution in [1.29, 1.82) is 0 Å². The highest BCUT2D eigenvalue weighted by Gasteiger charge is 2.28. The van der Waals surface area contributed by atoms with Crippen molar-refractivity contribution in [1.82, 2.24) is 5.32 Å². The summed E-state index contributed by atoms with van der Waals surface area (Å²) in [6.45, 7) is 0.112. The lowest BCUT2D eigenvalue weighted by Gasteiger charge is -2.14. The molecule has 1 aliphatic rings. The average Bonchev–Trinajstić information content (AvgIpc) is 2.92. The number of benzene rings is 2. The van der Waals surface area contributed by atoms with Gasteiger partial charge >= 0.3 is 0 Å². The van der Waals surface area contributed by atoms with Crippen LogP contribution in [0.3, 0.4) is 0 Å². The van der Waals surface area contributed by atoms with Crippen LogP contribution in [0.25, 0.3) is 11.1 Å². The number of hydrogen-bond acceptors (Lipinski definition) is 4. The van der Waals surface area contributed by atoms with Crippen molar-refractivity contribution in [3.05, 3.63) is 54.6 Å². The Morgan fingerprint density at radius 1 is 1.04 bits per heavy atom. The molecule has 1 fully saturated rings. The van der Waals surface area contributed by atoms with E-state index < -0.39 is 9.84 Å². The smallest absolute Gasteiger partial charge is 0.239 e. The molecule has 0 aromatic heterocycles. The van der Waals surface area contributed by atoms with Gasteiger partial charge in [0, 0.05) is 17.3 Å². The topological polar surface area (TPSA) is 75.3 Å². The fourth-order valence-electron chi connectivity index (χ4n) is 2.87. The van der Waals surface area contributed by atoms with Crippen molar-refractivity contribution in [2.75, 3.05) is 23.4 Å². The first-order valence-electron chi connectivity index (χ1n) is 7.92. The van der Waals surface area contributed by atoms with Crippen molar-refractivity contribution in [2.45, 2.75) is 12.5 Å². The van der Waals surface area contributed by atoms with E-state index in [-0.39, 0.29) is 30.0 Å². The van der Waals surface area contributed by atoms with Crippen molar-refractivity contribution in [2.24, 2.45) is 0 Å². The maximum absolute atomic E-state index is 12.1. The maximum atomic E-state index is 12.1. The Kier molecular flexibility index (Phi) is 4.85. The van der Waals surface area contributed by atoms with Gasteiger partial charge in [-0.1, -0.05) is 48.5 Å². The van der Waals surface area contributed by atoms with Crippen LogP contribution < -0.4 is 10.6 Å². The second kappa shape index (κ2) is 7.05. The van der Waals surface area contributed by atoms with E-state index in [9.17, 15) is 13.2 Å². The zero-order valence-corrected chi connectivity index (χ0v) is 14.1. The summed E-state index contributed by atoms with van der Waals surface area (Å²) in [7, 11) is -2.99. The normalized spacial score (nSPS) is 18.9. The molecule has 0 aliphatic carbocycles. The van der Waals surface area contributed by atoms with Crippen LogP contribution in [0, 0.1) is 0 Å². The van der Waals surface area contributed by atoms with Crippen LogP contribution in [0.5, 0.6) is 0 Å². The molecule has 2 aromatic rings. The molecule has 0 bridgehead atoms. The zero-order valence-electron chi connectivity index (χ0n) is 13.2. The summed E-state index contributed by atoms with van der Waals surface area (Å²) >= 11 is 0. The van der Waals surface area contributed by atoms with Crippen molar-refractivity contribution in [3.8, 4) is 11.1 Å². The van der Waals surface area contributed by atoms with Gasteiger partial charge in [0.05, 0.1) is 18.1 Å². The third-order valence-corrected chi connectivity index (χ3v) is 5.82. The molecule has 6 heteroatoms. The van der Waals surface area contributed by atoms with Gasteiger partial charge < -0.3 is 10.6 Å². The summed E-state index contributed by atoms with van der Waals surface area (Å²) < 4.78 is 22.9. The van der Waals surface area contributed by atoms with Crippen LogP contribution >= 0.6 is 0 Å². The maximum Gasteiger partial charge on any atom is 0.239 e. The molecule has 0 radical (unpaired) electrons. The number of hydrogen-bond donors (Lipinski definition) is 2. The number of amides is 1. The Balaban J connectivity index is 1.62. The largest absolute Gasteiger partial charge is 0.376 e. The molecule has 1 atom stereocenters. The Hall–Kier alpha value is -2.34. The summed E-state index contributed by atoms with van der Waals surface area (Å²) in [6.07, 6.45) is 0.495. The summed E-state index contributed by atoms with van der Waals surface area (Å²) in [5.74, 6) is 0.00151. The average molecular weight is 344 g/mol. The van der Waals surface area contributed by atoms with Crippen LogP contribution in [-0.4, -0.2) is 38.4 Å². The van der Waals surface area contributed by atoms with Gasteiger partial charge in [-0.3, -0.25) is 4.79 Å². The molecule has 126 valence electrons. The molecule has 0 saturated carbocycles. The predicted molar refractivity (Wildman–Crippen MR) is 95.6 cm³/mol. The molecule has 1 amide bonds. The first-order valence-corrected chi connectivity index (χ1v) is 9.74. The van der Waals surface area contributed by atoms with E-state index in [1.54, 1.807) is 0 Å². The van der Waals surface area contributed by atoms with Crippen LogP contribution in [0.15, 0.2) is 54.6 Å². The van der Waals surface area contributed by atoms with E-state index >= 15 is 0 Å². The van der Waals surface area contributed by atoms with Gasteiger partial charge in [-0.2, -0.15) is 0 Å². The van der Waals surface area contributed by atoms with Gasteiger partial charge in [-0.15, -0.1) is 0 Å². The molecular formula is C18H20N2O3S. The van der Waals surface area contributed by atoms with Crippen LogP contribution in [0.4, 0.5) is 5.69 Å². The van der Waals surface area contributed by atoms with Gasteiger partial charge in [0.15, 0.2) is 9.84 Å². The quantitative estimate of drug-likeness (QED) is 0.871. The van der Waals surface area contributed by atoms with E-state index in [4.69, 9.17) is 0 Å². The number of nitrogens with one attached hydrogen (secondary N) is 2. The number of carbonyl (C=O) groups excluding carboxylic acids is 1. The van der Waals surface area contributed by atoms with Crippen LogP contribution in [-0.2, 0) is 14.6 Å². The Bertz CT molecular complexity index is 819. The van der Waals surface area contributed by atoms with Gasteiger partial charge in [-0.25, -0.2) is 8.42 Å². The molecule has 1 aliphatic heterocycles. The summed E-state index contributed by atoms with van der Waals surface area (Å²) in [5.41, 5.74) is 2.97. The highest BCUT2D eigenvalue weighted by atomic mass is 32.2. The lowest BCUT2D eigenvalue weighted by molar-refractivity contribution is -0.119. The molecule has 3 rings (SSSR count). The SMILES string of the molecule is O=C(CNc1ccccc1-c1ccccc1)N[C@H]1CCS(=O)(=O)C1. The highest BCUT2D eigenvalue weighted by Crippen LogP contribution is 2.27. The standard InChI is InChI=1S/C18H20N2O3S/c21-18(20-15-10-11-24(22,23)13-15)12-19-17-9-5-4-8-16(17)14-6-2-1-3-7-14/h1-9,15,19H,10-13H2,(H,20,21)/t15-/m0/s1. The molecule has 2 aromatic carbocycles. The Morgan fingerprint density at radius 2 is 1.75 bits per heavy atom. The lowest BCUT2D eigenvalue weighted by atomic mass is 10.0. The van der Waals surface area contributed by atoms with E-state index in [1.165, 1.54) is 0 Å². The highest BCUT2D eigenvalue weighted by molar-refractivity contribution is 7.91. The zero-order chi connectivity index (χ0) is 17.0. The van der Waals surface area contributed by atoms with Crippen LogP contribution in [0.2, 0.25) is 0 Å². The first kappa shape index (κ1) is 16.5. The second-order valence-electron chi connectivity index (χ2n) is 5.93. The van der Waals surface area contributed by atoms with E-state index in [0.717, 1.165) is 16.8 Å². The van der Waals surface area contributed by atoms with E-state index in [0.29, 0.717) is 6.42 Å². The van der Waals surface area contributed by atoms with Crippen LogP contribution in [0.1, 0.15) is 6.42 Å². The predicted octanol–water partition coefficient (Wildman–Crippen LogP) is 2.07. The summed E-state index contributed by atoms with van der Waals surface area (Å²) in [5, 5.41) is 5.93. The molecule has 0 unspecified atom stereocenters. The number of para-hydroxylation sites is 1. The fourth-order valence-corrected chi connectivity index (χ4v) is 4.54. The number of sulfone groups is 1. The van der Waals surface area contributed by atoms with E-state index in [1.807, 2.05) is 54.6 Å². The van der Waals surface area contributed by atoms with Crippen molar-refractivity contribution in [3.63, 3.8) is 0 Å². The van der Waals surface area contributed by atoms with Gasteiger partial charge in [0.2, 0.25) is 5.91 Å². The Morgan fingerprint density at radius 3 is 2.46 bits per heavy atom. The third kappa shape index (κ3) is 4.14. The van der Waals surface area contributed by atoms with Gasteiger partial charge in [0.25, 0.3) is 0 Å². The second-order valence-corrected chi connectivity index (χ2v) is 8.16. The lowest BCUT2D eigenvalue weighted by Crippen LogP contribution is -2.39. The number of rotatable bonds is 5. The number of anilines is 1. The van der Waals surface area contributed by atoms with Crippen molar-refractivity contribution < 1.29 is 13.2 Å². The third-order valence-electron chi connectivity index (χ3n) is 4.05. The Labute approximate surface area is 142 Å². The summed E-state index contributed by atoms with van der Waals surface area (Å²) in [4.78, 5) is 12.1. The number of carbonyl (C=O) groups is 1. The fraction of sp³-hybridized carbons (Fsp3) is 0.278. The van der Waals surface area contributed by atoms with E-state index in [2.05, 4.69) is 10.6 Å². The van der Waals surface area contributed by atoms with Gasteiger partial charge in [0.1, 0.15) is 0 Å². The minimum Gasteiger partial charge on any atom is -0.376 e. The molecule has 1 saturated heterocycles. The summed E-state index contributed by atoms with van der Waals surface area (Å²) in [6, 6.07) is 17.5. The molecule has 2 N–H and O–H groups in total. The molecular weight excluding hydrogens is 324 g/mol. The molecule has 0 spiro atoms. The molecule has 1 heterocycles. The van der Waals surface area contributed by atoms with Crippen molar-refractivity contribution >= 4 is 21.4 Å². The minimum absolute atomic E-state index is 0.0410. The molecule has 24 heavy (non-hydrogen) atoms.